The molecule has 0 aliphatic carbocycles. The van der Waals surface area contributed by atoms with Crippen molar-refractivity contribution in [2.24, 2.45) is 0 Å². The first-order valence-electron chi connectivity index (χ1n) is 32.3. The lowest BCUT2D eigenvalue weighted by molar-refractivity contribution is -0.0420. The fraction of sp³-hybridized carbons (Fsp3) is 0.197. The predicted octanol–water partition coefficient (Wildman–Crippen LogP) is 7.67. The SMILES string of the molecule is CC(C)(C)OC(=O)N1CCC(O)(Cn2cnc3c(cnn3-c3cccc(CO)c3)c2=O)CC1.Cc1cccc(-n2ncc3c(=O)[nH]cnc32)c1.O=Cc1cccc(-n2ncc3c(=O)[nH]cnc32)c1.O=c1[nH]cnc2c1cnn2-c1cccc(C(Br)Br)c1.O=c1[nH]cnc2c1cnn2-c1cccc(CO)c1. The van der Waals surface area contributed by atoms with E-state index in [0.29, 0.717) is 98.0 Å². The minimum atomic E-state index is -1.14. The number of hydrogen-bond acceptors (Lipinski definition) is 21. The molecule has 10 aromatic heterocycles. The third-order valence-electron chi connectivity index (χ3n) is 16.4. The highest BCUT2D eigenvalue weighted by Gasteiger charge is 2.36. The summed E-state index contributed by atoms with van der Waals surface area (Å²) in [7, 11) is 0. The Morgan fingerprint density at radius 3 is 1.32 bits per heavy atom. The van der Waals surface area contributed by atoms with Crippen molar-refractivity contribution < 1.29 is 29.6 Å². The summed E-state index contributed by atoms with van der Waals surface area (Å²) in [5.41, 5.74) is 7.77. The number of carbonyl (C=O) groups is 2. The number of amides is 1. The molecule has 1 aliphatic heterocycles. The van der Waals surface area contributed by atoms with Crippen molar-refractivity contribution >= 4 is 99.4 Å². The zero-order valence-electron chi connectivity index (χ0n) is 56.4. The van der Waals surface area contributed by atoms with Gasteiger partial charge in [0.15, 0.2) is 28.2 Å². The molecule has 0 unspecified atom stereocenters. The van der Waals surface area contributed by atoms with E-state index in [4.69, 9.17) is 9.84 Å². The van der Waals surface area contributed by atoms with Crippen LogP contribution in [0.1, 0.15) is 70.0 Å². The summed E-state index contributed by atoms with van der Waals surface area (Å²) in [6, 6.07) is 37.1. The summed E-state index contributed by atoms with van der Waals surface area (Å²) in [6.07, 6.45) is 15.3. The Morgan fingerprint density at radius 1 is 0.533 bits per heavy atom. The molecule has 0 atom stereocenters. The maximum absolute atomic E-state index is 13.1. The number of benzene rings is 5. The van der Waals surface area contributed by atoms with E-state index in [1.807, 2.05) is 100 Å². The highest BCUT2D eigenvalue weighted by Crippen LogP contribution is 2.31. The fourth-order valence-corrected chi connectivity index (χ4v) is 11.8. The van der Waals surface area contributed by atoms with Crippen LogP contribution in [0.5, 0.6) is 0 Å². The lowest BCUT2D eigenvalue weighted by Crippen LogP contribution is -2.50. The Balaban J connectivity index is 0.000000127. The Hall–Kier alpha value is -12.4. The molecular formula is C71H65Br2N21O11. The normalized spacial score (nSPS) is 12.6. The van der Waals surface area contributed by atoms with E-state index in [9.17, 15) is 43.8 Å². The summed E-state index contributed by atoms with van der Waals surface area (Å²) in [4.78, 5) is 115. The molecule has 7 N–H and O–H groups in total. The fourth-order valence-electron chi connectivity index (χ4n) is 11.2. The van der Waals surface area contributed by atoms with Crippen LogP contribution in [-0.4, -0.2) is 155 Å². The lowest BCUT2D eigenvalue weighted by Gasteiger charge is -2.38. The number of aliphatic hydroxyl groups excluding tert-OH is 2. The van der Waals surface area contributed by atoms with Crippen LogP contribution in [0.4, 0.5) is 4.79 Å². The molecule has 0 spiro atoms. The van der Waals surface area contributed by atoms with Crippen molar-refractivity contribution in [3.63, 3.8) is 0 Å². The maximum atomic E-state index is 13.1. The molecule has 0 saturated carbocycles. The van der Waals surface area contributed by atoms with Crippen LogP contribution in [-0.2, 0) is 24.5 Å². The number of carbonyl (C=O) groups excluding carboxylic acids is 2. The number of fused-ring (bicyclic) bond motifs is 5. The Morgan fingerprint density at radius 2 is 0.914 bits per heavy atom. The van der Waals surface area contributed by atoms with Gasteiger partial charge in [0.2, 0.25) is 0 Å². The quantitative estimate of drug-likeness (QED) is 0.0482. The molecule has 1 aliphatic rings. The Kier molecular flexibility index (Phi) is 21.7. The molecule has 0 bridgehead atoms. The second kappa shape index (κ2) is 31.5. The van der Waals surface area contributed by atoms with Crippen molar-refractivity contribution in [2.75, 3.05) is 13.1 Å². The molecule has 11 heterocycles. The van der Waals surface area contributed by atoms with Gasteiger partial charge in [0.1, 0.15) is 45.1 Å². The molecule has 5 aromatic carbocycles. The van der Waals surface area contributed by atoms with Gasteiger partial charge in [0.05, 0.1) is 114 Å². The summed E-state index contributed by atoms with van der Waals surface area (Å²) < 4.78 is 14.8. The number of aryl methyl sites for hydroxylation is 1. The van der Waals surface area contributed by atoms with Crippen molar-refractivity contribution in [3.05, 3.63) is 264 Å². The molecular weight excluding hydrogens is 1480 g/mol. The number of ether oxygens (including phenoxy) is 1. The van der Waals surface area contributed by atoms with E-state index in [-0.39, 0.29) is 51.3 Å². The molecule has 1 amide bonds. The van der Waals surface area contributed by atoms with Crippen LogP contribution in [0.15, 0.2) is 208 Å². The van der Waals surface area contributed by atoms with E-state index in [1.165, 1.54) is 71.9 Å². The smallest absolute Gasteiger partial charge is 0.410 e. The zero-order chi connectivity index (χ0) is 74.1. The molecule has 34 heteroatoms. The van der Waals surface area contributed by atoms with Crippen LogP contribution >= 0.6 is 31.9 Å². The van der Waals surface area contributed by atoms with Crippen LogP contribution < -0.4 is 27.8 Å². The number of nitrogens with zero attached hydrogens (tertiary/aromatic N) is 17. The molecule has 15 aromatic rings. The summed E-state index contributed by atoms with van der Waals surface area (Å²) in [5.74, 6) is 0. The van der Waals surface area contributed by atoms with Gasteiger partial charge in [-0.05, 0) is 123 Å². The van der Waals surface area contributed by atoms with Crippen LogP contribution in [0, 0.1) is 6.92 Å². The van der Waals surface area contributed by atoms with Crippen molar-refractivity contribution in [3.8, 4) is 28.4 Å². The number of rotatable bonds is 11. The van der Waals surface area contributed by atoms with Crippen molar-refractivity contribution in [1.29, 1.82) is 0 Å². The molecule has 534 valence electrons. The number of halogens is 2. The summed E-state index contributed by atoms with van der Waals surface area (Å²) in [5, 5.41) is 52.7. The van der Waals surface area contributed by atoms with Gasteiger partial charge >= 0.3 is 6.09 Å². The van der Waals surface area contributed by atoms with E-state index in [2.05, 4.69) is 102 Å². The number of aromatic nitrogens is 20. The molecule has 16 rings (SSSR count). The van der Waals surface area contributed by atoms with Crippen LogP contribution in [0.2, 0.25) is 0 Å². The monoisotopic (exact) mass is 1550 g/mol. The number of aromatic amines is 4. The van der Waals surface area contributed by atoms with Crippen molar-refractivity contribution in [1.82, 2.24) is 103 Å². The van der Waals surface area contributed by atoms with Crippen LogP contribution in [0.25, 0.3) is 83.6 Å². The number of nitrogens with one attached hydrogen (secondary N) is 4. The second-order valence-corrected chi connectivity index (χ2v) is 27.9. The zero-order valence-corrected chi connectivity index (χ0v) is 59.6. The van der Waals surface area contributed by atoms with Gasteiger partial charge in [0, 0.05) is 18.7 Å². The number of alkyl halides is 2. The standard InChI is InChI=1S/C23H29N5O5.C12H8Br2N4O.C12H10N4O2.C12H8N4O2.C12H10N4O/c1-22(2,3)33-21(31)26-9-7-23(32,8-10-26)14-27-15-24-19-18(20(27)30)12-25-28(19)17-6-4-5-16(11-17)13-29;13-10(14)7-2-1-3-8(4-7)18-11-9(5-17-18)12(19)16-6-15-11;2*17-6-8-2-1-3-9(4-8)16-11-10(5-15-16)12(18)14-7-13-11;1-8-3-2-4-9(5-8)16-11-10(6-15-16)12(17)14-7-13-11/h4-6,11-12,15,29,32H,7-10,13-14H2,1-3H3;1-6,10H,(H,15,16,19);1-5,7,17H,6H2,(H,13,14,18);1-7H,(H,13,14,18);2-7H,1H3,(H,13,14,17). The molecule has 0 radical (unpaired) electrons. The van der Waals surface area contributed by atoms with Gasteiger partial charge in [0.25, 0.3) is 27.8 Å². The summed E-state index contributed by atoms with van der Waals surface area (Å²) >= 11 is 6.92. The van der Waals surface area contributed by atoms with E-state index in [1.54, 1.807) is 72.2 Å². The van der Waals surface area contributed by atoms with E-state index in [0.717, 1.165) is 45.6 Å². The lowest BCUT2D eigenvalue weighted by atomic mass is 9.91. The predicted molar refractivity (Wildman–Crippen MR) is 396 cm³/mol. The number of H-pyrrole nitrogens is 4. The third-order valence-corrected chi connectivity index (χ3v) is 17.4. The van der Waals surface area contributed by atoms with Gasteiger partial charge in [-0.25, -0.2) is 53.1 Å². The van der Waals surface area contributed by atoms with Crippen molar-refractivity contribution in [2.45, 2.75) is 75.2 Å². The maximum Gasteiger partial charge on any atom is 0.410 e. The van der Waals surface area contributed by atoms with Gasteiger partial charge < -0.3 is 44.9 Å². The number of likely N-dealkylation sites (tertiary alicyclic amines) is 1. The highest BCUT2D eigenvalue weighted by molar-refractivity contribution is 9.24. The first kappa shape index (κ1) is 72.4. The van der Waals surface area contributed by atoms with Gasteiger partial charge in [-0.1, -0.05) is 92.5 Å². The Bertz CT molecular complexity index is 5970. The molecule has 1 fully saturated rings. The van der Waals surface area contributed by atoms with Crippen LogP contribution in [0.3, 0.4) is 0 Å². The first-order valence-corrected chi connectivity index (χ1v) is 34.1. The average Bonchev–Trinajstić information content (AvgIpc) is 1.72. The average molecular weight is 1550 g/mol. The minimum absolute atomic E-state index is 0.0406. The topological polar surface area (TPSA) is 414 Å². The minimum Gasteiger partial charge on any atom is -0.444 e. The molecule has 1 saturated heterocycles. The first-order chi connectivity index (χ1) is 50.6. The van der Waals surface area contributed by atoms with E-state index < -0.39 is 17.3 Å². The number of hydrogen-bond donors (Lipinski definition) is 7. The van der Waals surface area contributed by atoms with Gasteiger partial charge in [-0.3, -0.25) is 33.3 Å². The highest BCUT2D eigenvalue weighted by atomic mass is 79.9. The molecule has 32 nitrogen and oxygen atoms in total. The largest absolute Gasteiger partial charge is 0.444 e. The number of aliphatic hydroxyl groups is 3. The third kappa shape index (κ3) is 16.4. The number of piperidine rings is 1. The van der Waals surface area contributed by atoms with Gasteiger partial charge in [-0.15, -0.1) is 0 Å². The molecule has 105 heavy (non-hydrogen) atoms. The van der Waals surface area contributed by atoms with Gasteiger partial charge in [-0.2, -0.15) is 25.5 Å². The second-order valence-electron chi connectivity index (χ2n) is 24.9. The number of aldehydes is 1. The Labute approximate surface area is 609 Å². The van der Waals surface area contributed by atoms with E-state index >= 15 is 0 Å². The summed E-state index contributed by atoms with van der Waals surface area (Å²) in [6.45, 7) is 8.06.